The van der Waals surface area contributed by atoms with E-state index in [-0.39, 0.29) is 5.91 Å². The molecule has 0 aromatic heterocycles. The molecule has 4 nitrogen and oxygen atoms in total. The van der Waals surface area contributed by atoms with E-state index in [9.17, 15) is 4.79 Å². The number of rotatable bonds is 10. The van der Waals surface area contributed by atoms with Gasteiger partial charge in [-0.3, -0.25) is 10.2 Å². The van der Waals surface area contributed by atoms with Gasteiger partial charge in [0.2, 0.25) is 5.91 Å². The summed E-state index contributed by atoms with van der Waals surface area (Å²) in [4.78, 5) is 13.3. The van der Waals surface area contributed by atoms with Crippen LogP contribution in [-0.2, 0) is 4.79 Å². The lowest BCUT2D eigenvalue weighted by Crippen LogP contribution is -2.29. The first kappa shape index (κ1) is 15.4. The Labute approximate surface area is 99.5 Å². The molecular weight excluding hydrogens is 202 g/mol. The van der Waals surface area contributed by atoms with Gasteiger partial charge in [-0.15, -0.1) is 0 Å². The zero-order valence-corrected chi connectivity index (χ0v) is 10.8. The quantitative estimate of drug-likeness (QED) is 0.259. The van der Waals surface area contributed by atoms with Gasteiger partial charge in [0.05, 0.1) is 0 Å². The highest BCUT2D eigenvalue weighted by atomic mass is 16.2. The van der Waals surface area contributed by atoms with Gasteiger partial charge in [0.15, 0.2) is 0 Å². The highest BCUT2D eigenvalue weighted by Gasteiger charge is 2.02. The summed E-state index contributed by atoms with van der Waals surface area (Å²) in [7, 11) is 0. The molecule has 3 N–H and O–H groups in total. The Kier molecular flexibility index (Phi) is 10.5. The summed E-state index contributed by atoms with van der Waals surface area (Å²) in [6.45, 7) is 7.91. The molecule has 0 radical (unpaired) electrons. The Morgan fingerprint density at radius 1 is 1.12 bits per heavy atom. The minimum Gasteiger partial charge on any atom is -0.304 e. The summed E-state index contributed by atoms with van der Waals surface area (Å²) in [5, 5.41) is 0. The molecule has 0 aliphatic rings. The van der Waals surface area contributed by atoms with Gasteiger partial charge in [0, 0.05) is 6.42 Å². The molecule has 0 heterocycles. The first-order chi connectivity index (χ1) is 7.74. The number of carbonyl (C=O) groups excluding carboxylic acids is 1. The van der Waals surface area contributed by atoms with Crippen molar-refractivity contribution in [3.63, 3.8) is 0 Å². The molecule has 0 rings (SSSR count). The third-order valence-electron chi connectivity index (χ3n) is 2.81. The fourth-order valence-electron chi connectivity index (χ4n) is 1.68. The Hall–Kier alpha value is -0.610. The predicted molar refractivity (Wildman–Crippen MR) is 67.8 cm³/mol. The van der Waals surface area contributed by atoms with Gasteiger partial charge >= 0.3 is 0 Å². The lowest BCUT2D eigenvalue weighted by Gasteiger charge is -2.19. The number of nitrogens with one attached hydrogen (secondary N) is 1. The average molecular weight is 229 g/mol. The van der Waals surface area contributed by atoms with Gasteiger partial charge in [-0.25, -0.2) is 5.84 Å². The Morgan fingerprint density at radius 2 is 1.81 bits per heavy atom. The van der Waals surface area contributed by atoms with Crippen molar-refractivity contribution >= 4 is 5.91 Å². The second-order valence-corrected chi connectivity index (χ2v) is 4.17. The van der Waals surface area contributed by atoms with Crippen molar-refractivity contribution in [2.45, 2.75) is 52.4 Å². The van der Waals surface area contributed by atoms with E-state index < -0.39 is 0 Å². The van der Waals surface area contributed by atoms with Crippen LogP contribution in [0.15, 0.2) is 0 Å². The first-order valence-electron chi connectivity index (χ1n) is 6.46. The molecule has 0 aliphatic carbocycles. The van der Waals surface area contributed by atoms with E-state index in [1.165, 1.54) is 25.8 Å². The maximum absolute atomic E-state index is 10.9. The average Bonchev–Trinajstić information content (AvgIpc) is 2.32. The molecule has 0 spiro atoms. The minimum absolute atomic E-state index is 0.0571. The monoisotopic (exact) mass is 229 g/mol. The topological polar surface area (TPSA) is 58.4 Å². The van der Waals surface area contributed by atoms with Crippen molar-refractivity contribution in [2.24, 2.45) is 5.84 Å². The number of amides is 1. The third-order valence-corrected chi connectivity index (χ3v) is 2.81. The Morgan fingerprint density at radius 3 is 2.38 bits per heavy atom. The largest absolute Gasteiger partial charge is 0.304 e. The number of hydrogen-bond donors (Lipinski definition) is 2. The van der Waals surface area contributed by atoms with Crippen LogP contribution in [0.3, 0.4) is 0 Å². The molecule has 0 atom stereocenters. The van der Waals surface area contributed by atoms with Crippen LogP contribution in [-0.4, -0.2) is 30.4 Å². The molecule has 0 bridgehead atoms. The number of carbonyl (C=O) groups is 1. The van der Waals surface area contributed by atoms with Crippen molar-refractivity contribution in [1.82, 2.24) is 10.3 Å². The van der Waals surface area contributed by atoms with Gasteiger partial charge in [-0.05, 0) is 38.9 Å². The van der Waals surface area contributed by atoms with Crippen LogP contribution in [0.1, 0.15) is 52.4 Å². The molecule has 0 fully saturated rings. The number of unbranched alkanes of at least 4 members (excludes halogenated alkanes) is 3. The fourth-order valence-corrected chi connectivity index (χ4v) is 1.68. The second-order valence-electron chi connectivity index (χ2n) is 4.17. The van der Waals surface area contributed by atoms with E-state index in [1.807, 2.05) is 0 Å². The standard InChI is InChI=1S/C12H27N3O/c1-3-5-10-15(4-2)11-8-6-7-9-12(16)14-13/h3-11,13H2,1-2H3,(H,14,16). The van der Waals surface area contributed by atoms with Crippen LogP contribution >= 0.6 is 0 Å². The third kappa shape index (κ3) is 8.68. The van der Waals surface area contributed by atoms with Crippen LogP contribution in [0.4, 0.5) is 0 Å². The maximum atomic E-state index is 10.9. The summed E-state index contributed by atoms with van der Waals surface area (Å²) in [6, 6.07) is 0. The zero-order chi connectivity index (χ0) is 12.2. The fraction of sp³-hybridized carbons (Fsp3) is 0.917. The van der Waals surface area contributed by atoms with Crippen molar-refractivity contribution in [1.29, 1.82) is 0 Å². The van der Waals surface area contributed by atoms with E-state index in [0.717, 1.165) is 25.9 Å². The van der Waals surface area contributed by atoms with Crippen molar-refractivity contribution in [3.05, 3.63) is 0 Å². The SMILES string of the molecule is CCCCN(CC)CCCCCC(=O)NN. The number of nitrogens with two attached hydrogens (primary N) is 1. The normalized spacial score (nSPS) is 10.8. The summed E-state index contributed by atoms with van der Waals surface area (Å²) in [6.07, 6.45) is 6.31. The second kappa shape index (κ2) is 10.9. The number of hydrogen-bond acceptors (Lipinski definition) is 3. The van der Waals surface area contributed by atoms with Crippen LogP contribution in [0.5, 0.6) is 0 Å². The molecule has 0 saturated heterocycles. The van der Waals surface area contributed by atoms with E-state index in [2.05, 4.69) is 24.2 Å². The molecule has 0 aromatic rings. The lowest BCUT2D eigenvalue weighted by molar-refractivity contribution is -0.121. The smallest absolute Gasteiger partial charge is 0.233 e. The summed E-state index contributed by atoms with van der Waals surface area (Å²) >= 11 is 0. The molecular formula is C12H27N3O. The summed E-state index contributed by atoms with van der Waals surface area (Å²) in [5.41, 5.74) is 2.15. The van der Waals surface area contributed by atoms with Gasteiger partial charge in [0.1, 0.15) is 0 Å². The minimum atomic E-state index is -0.0571. The van der Waals surface area contributed by atoms with Crippen LogP contribution in [0.25, 0.3) is 0 Å². The number of hydrazine groups is 1. The van der Waals surface area contributed by atoms with Crippen LogP contribution in [0, 0.1) is 0 Å². The van der Waals surface area contributed by atoms with E-state index in [1.54, 1.807) is 0 Å². The van der Waals surface area contributed by atoms with E-state index in [0.29, 0.717) is 6.42 Å². The van der Waals surface area contributed by atoms with Gasteiger partial charge in [0.25, 0.3) is 0 Å². The van der Waals surface area contributed by atoms with Crippen molar-refractivity contribution in [2.75, 3.05) is 19.6 Å². The molecule has 4 heteroatoms. The molecule has 0 aliphatic heterocycles. The first-order valence-corrected chi connectivity index (χ1v) is 6.46. The molecule has 1 amide bonds. The van der Waals surface area contributed by atoms with Crippen molar-refractivity contribution in [3.8, 4) is 0 Å². The van der Waals surface area contributed by atoms with Gasteiger partial charge in [-0.1, -0.05) is 26.7 Å². The summed E-state index contributed by atoms with van der Waals surface area (Å²) < 4.78 is 0. The van der Waals surface area contributed by atoms with Crippen LogP contribution < -0.4 is 11.3 Å². The van der Waals surface area contributed by atoms with Crippen LogP contribution in [0.2, 0.25) is 0 Å². The molecule has 0 unspecified atom stereocenters. The van der Waals surface area contributed by atoms with Gasteiger partial charge in [-0.2, -0.15) is 0 Å². The molecule has 0 aromatic carbocycles. The van der Waals surface area contributed by atoms with Gasteiger partial charge < -0.3 is 4.90 Å². The van der Waals surface area contributed by atoms with Crippen molar-refractivity contribution < 1.29 is 4.79 Å². The molecule has 16 heavy (non-hydrogen) atoms. The van der Waals surface area contributed by atoms with E-state index in [4.69, 9.17) is 5.84 Å². The number of nitrogens with zero attached hydrogens (tertiary/aromatic N) is 1. The zero-order valence-electron chi connectivity index (χ0n) is 10.8. The predicted octanol–water partition coefficient (Wildman–Crippen LogP) is 1.66. The Bertz CT molecular complexity index is 174. The highest BCUT2D eigenvalue weighted by molar-refractivity contribution is 5.74. The van der Waals surface area contributed by atoms with E-state index >= 15 is 0 Å². The lowest BCUT2D eigenvalue weighted by atomic mass is 10.2. The molecule has 0 saturated carbocycles. The maximum Gasteiger partial charge on any atom is 0.233 e. The Balaban J connectivity index is 3.37. The highest BCUT2D eigenvalue weighted by Crippen LogP contribution is 2.03. The molecule has 96 valence electrons. The summed E-state index contributed by atoms with van der Waals surface area (Å²) in [5.74, 6) is 4.95.